The van der Waals surface area contributed by atoms with Crippen molar-refractivity contribution in [3.8, 4) is 0 Å². The van der Waals surface area contributed by atoms with E-state index in [9.17, 15) is 4.79 Å². The first kappa shape index (κ1) is 15.8. The van der Waals surface area contributed by atoms with Gasteiger partial charge in [-0.25, -0.2) is 0 Å². The van der Waals surface area contributed by atoms with Gasteiger partial charge in [-0.3, -0.25) is 4.79 Å². The number of aliphatic hydroxyl groups excluding tert-OH is 1. The molecule has 1 heterocycles. The van der Waals surface area contributed by atoms with Crippen LogP contribution in [-0.2, 0) is 4.79 Å². The van der Waals surface area contributed by atoms with Crippen LogP contribution in [0.15, 0.2) is 0 Å². The Labute approximate surface area is 115 Å². The fourth-order valence-corrected chi connectivity index (χ4v) is 3.38. The minimum Gasteiger partial charge on any atom is -0.395 e. The molecule has 0 saturated carbocycles. The molecule has 1 saturated heterocycles. The summed E-state index contributed by atoms with van der Waals surface area (Å²) in [5.41, 5.74) is 0. The molecule has 5 heteroatoms. The van der Waals surface area contributed by atoms with E-state index in [1.165, 1.54) is 0 Å². The Hall–Kier alpha value is -0.260. The number of carbonyl (C=O) groups excluding carboxylic acids is 1. The molecule has 18 heavy (non-hydrogen) atoms. The Kier molecular flexibility index (Phi) is 7.70. The van der Waals surface area contributed by atoms with Gasteiger partial charge in [0.1, 0.15) is 0 Å². The number of aliphatic hydroxyl groups is 1. The van der Waals surface area contributed by atoms with Crippen molar-refractivity contribution in [2.24, 2.45) is 0 Å². The van der Waals surface area contributed by atoms with Gasteiger partial charge in [-0.05, 0) is 12.8 Å². The van der Waals surface area contributed by atoms with Gasteiger partial charge in [0, 0.05) is 43.1 Å². The summed E-state index contributed by atoms with van der Waals surface area (Å²) in [5, 5.41) is 12.5. The quantitative estimate of drug-likeness (QED) is 0.730. The molecule has 0 aromatic carbocycles. The average molecular weight is 274 g/mol. The van der Waals surface area contributed by atoms with Gasteiger partial charge in [-0.2, -0.15) is 11.8 Å². The number of rotatable bonds is 7. The van der Waals surface area contributed by atoms with E-state index in [-0.39, 0.29) is 18.6 Å². The molecule has 0 aromatic heterocycles. The molecule has 1 atom stereocenters. The summed E-state index contributed by atoms with van der Waals surface area (Å²) in [6, 6.07) is 0.563. The summed E-state index contributed by atoms with van der Waals surface area (Å²) < 4.78 is 0. The van der Waals surface area contributed by atoms with Crippen LogP contribution in [0.2, 0.25) is 0 Å². The van der Waals surface area contributed by atoms with Crippen LogP contribution in [0.4, 0.5) is 0 Å². The summed E-state index contributed by atoms with van der Waals surface area (Å²) in [6.07, 6.45) is 2.47. The largest absolute Gasteiger partial charge is 0.395 e. The summed E-state index contributed by atoms with van der Waals surface area (Å²) in [5.74, 6) is 2.33. The lowest BCUT2D eigenvalue weighted by molar-refractivity contribution is -0.134. The number of amides is 1. The molecule has 4 nitrogen and oxygen atoms in total. The Morgan fingerprint density at radius 3 is 2.72 bits per heavy atom. The minimum absolute atomic E-state index is 0.0507. The van der Waals surface area contributed by atoms with Crippen molar-refractivity contribution in [3.05, 3.63) is 0 Å². The number of carbonyl (C=O) groups is 1. The molecule has 1 rings (SSSR count). The maximum atomic E-state index is 12.3. The highest BCUT2D eigenvalue weighted by Crippen LogP contribution is 2.15. The zero-order valence-corrected chi connectivity index (χ0v) is 12.3. The predicted octanol–water partition coefficient (Wildman–Crippen LogP) is 1.09. The van der Waals surface area contributed by atoms with Gasteiger partial charge < -0.3 is 15.3 Å². The predicted molar refractivity (Wildman–Crippen MR) is 76.9 cm³/mol. The number of nitrogens with one attached hydrogen (secondary N) is 1. The molecule has 1 unspecified atom stereocenters. The Balaban J connectivity index is 2.52. The maximum Gasteiger partial charge on any atom is 0.224 e. The highest BCUT2D eigenvalue weighted by Gasteiger charge is 2.24. The number of hydrogen-bond acceptors (Lipinski definition) is 4. The van der Waals surface area contributed by atoms with E-state index in [4.69, 9.17) is 5.11 Å². The lowest BCUT2D eigenvalue weighted by Gasteiger charge is -2.32. The van der Waals surface area contributed by atoms with Crippen LogP contribution >= 0.6 is 11.8 Å². The van der Waals surface area contributed by atoms with Crippen molar-refractivity contribution in [2.75, 3.05) is 31.2 Å². The van der Waals surface area contributed by atoms with Crippen molar-refractivity contribution >= 4 is 17.7 Å². The van der Waals surface area contributed by atoms with E-state index in [0.717, 1.165) is 30.9 Å². The number of thioether (sulfide) groups is 1. The molecule has 0 aliphatic carbocycles. The van der Waals surface area contributed by atoms with Crippen molar-refractivity contribution in [3.63, 3.8) is 0 Å². The van der Waals surface area contributed by atoms with E-state index >= 15 is 0 Å². The molecule has 1 fully saturated rings. The Morgan fingerprint density at radius 1 is 1.50 bits per heavy atom. The highest BCUT2D eigenvalue weighted by molar-refractivity contribution is 7.99. The summed E-state index contributed by atoms with van der Waals surface area (Å²) in [7, 11) is 0. The monoisotopic (exact) mass is 274 g/mol. The molecule has 0 spiro atoms. The van der Waals surface area contributed by atoms with E-state index in [2.05, 4.69) is 19.2 Å². The van der Waals surface area contributed by atoms with Crippen LogP contribution in [0.5, 0.6) is 0 Å². The van der Waals surface area contributed by atoms with Crippen molar-refractivity contribution in [1.82, 2.24) is 10.2 Å². The van der Waals surface area contributed by atoms with Crippen LogP contribution in [-0.4, -0.2) is 59.2 Å². The van der Waals surface area contributed by atoms with Gasteiger partial charge in [0.2, 0.25) is 5.91 Å². The molecular formula is C13H26N2O2S. The van der Waals surface area contributed by atoms with E-state index in [1.807, 2.05) is 16.7 Å². The molecular weight excluding hydrogens is 248 g/mol. The molecule has 1 amide bonds. The summed E-state index contributed by atoms with van der Waals surface area (Å²) >= 11 is 1.91. The third kappa shape index (κ3) is 4.78. The fourth-order valence-electron chi connectivity index (χ4n) is 2.43. The third-order valence-corrected chi connectivity index (χ3v) is 4.59. The first-order chi connectivity index (χ1) is 8.72. The van der Waals surface area contributed by atoms with Crippen LogP contribution in [0.3, 0.4) is 0 Å². The van der Waals surface area contributed by atoms with Crippen molar-refractivity contribution < 1.29 is 9.90 Å². The fraction of sp³-hybridized carbons (Fsp3) is 0.923. The van der Waals surface area contributed by atoms with Crippen LogP contribution in [0.25, 0.3) is 0 Å². The van der Waals surface area contributed by atoms with E-state index in [0.29, 0.717) is 19.0 Å². The summed E-state index contributed by atoms with van der Waals surface area (Å²) in [4.78, 5) is 14.2. The Morgan fingerprint density at radius 2 is 2.22 bits per heavy atom. The third-order valence-electron chi connectivity index (χ3n) is 3.46. The second-order valence-corrected chi connectivity index (χ2v) is 5.86. The van der Waals surface area contributed by atoms with Gasteiger partial charge in [0.25, 0.3) is 0 Å². The number of hydrogen-bond donors (Lipinski definition) is 2. The maximum absolute atomic E-state index is 12.3. The van der Waals surface area contributed by atoms with Crippen molar-refractivity contribution in [1.29, 1.82) is 0 Å². The lowest BCUT2D eigenvalue weighted by Crippen LogP contribution is -2.46. The molecule has 2 N–H and O–H groups in total. The first-order valence-corrected chi connectivity index (χ1v) is 8.09. The van der Waals surface area contributed by atoms with Crippen LogP contribution < -0.4 is 5.32 Å². The van der Waals surface area contributed by atoms with Gasteiger partial charge in [-0.1, -0.05) is 13.8 Å². The smallest absolute Gasteiger partial charge is 0.224 e. The van der Waals surface area contributed by atoms with Gasteiger partial charge in [-0.15, -0.1) is 0 Å². The zero-order chi connectivity index (χ0) is 13.4. The summed E-state index contributed by atoms with van der Waals surface area (Å²) in [6.45, 7) is 5.70. The van der Waals surface area contributed by atoms with E-state index in [1.54, 1.807) is 0 Å². The standard InChI is InChI=1S/C13H26N2O2S/c1-3-12(4-2)15(6-7-16)13(17)9-11-10-18-8-5-14-11/h11-12,14,16H,3-10H2,1-2H3. The van der Waals surface area contributed by atoms with Crippen LogP contribution in [0.1, 0.15) is 33.1 Å². The molecule has 0 radical (unpaired) electrons. The topological polar surface area (TPSA) is 52.6 Å². The molecule has 0 aromatic rings. The molecule has 1 aliphatic rings. The van der Waals surface area contributed by atoms with Crippen molar-refractivity contribution in [2.45, 2.75) is 45.2 Å². The SMILES string of the molecule is CCC(CC)N(CCO)C(=O)CC1CSCCN1. The number of nitrogens with zero attached hydrogens (tertiary/aromatic N) is 1. The normalized spacial score (nSPS) is 20.1. The first-order valence-electron chi connectivity index (χ1n) is 6.94. The Bertz CT molecular complexity index is 241. The minimum atomic E-state index is 0.0507. The van der Waals surface area contributed by atoms with Gasteiger partial charge >= 0.3 is 0 Å². The second kappa shape index (κ2) is 8.77. The van der Waals surface area contributed by atoms with Gasteiger partial charge in [0.05, 0.1) is 6.61 Å². The molecule has 1 aliphatic heterocycles. The molecule has 0 bridgehead atoms. The second-order valence-electron chi connectivity index (χ2n) is 4.71. The molecule has 106 valence electrons. The average Bonchev–Trinajstić information content (AvgIpc) is 2.40. The van der Waals surface area contributed by atoms with E-state index < -0.39 is 0 Å². The zero-order valence-electron chi connectivity index (χ0n) is 11.5. The highest BCUT2D eigenvalue weighted by atomic mass is 32.2. The van der Waals surface area contributed by atoms with Crippen LogP contribution in [0, 0.1) is 0 Å². The van der Waals surface area contributed by atoms with Gasteiger partial charge in [0.15, 0.2) is 0 Å². The lowest BCUT2D eigenvalue weighted by atomic mass is 10.1.